The van der Waals surface area contributed by atoms with E-state index in [4.69, 9.17) is 4.74 Å². The molecule has 5 heteroatoms. The predicted molar refractivity (Wildman–Crippen MR) is 96.6 cm³/mol. The number of hydrogen-bond acceptors (Lipinski definition) is 3. The van der Waals surface area contributed by atoms with Gasteiger partial charge in [-0.3, -0.25) is 9.69 Å². The molecule has 0 unspecified atom stereocenters. The van der Waals surface area contributed by atoms with Crippen molar-refractivity contribution in [3.63, 3.8) is 0 Å². The van der Waals surface area contributed by atoms with Gasteiger partial charge in [0.1, 0.15) is 5.75 Å². The van der Waals surface area contributed by atoms with Gasteiger partial charge in [-0.05, 0) is 43.7 Å². The minimum absolute atomic E-state index is 0.0701. The van der Waals surface area contributed by atoms with Crippen molar-refractivity contribution in [2.24, 2.45) is 0 Å². The van der Waals surface area contributed by atoms with Crippen molar-refractivity contribution < 1.29 is 14.3 Å². The van der Waals surface area contributed by atoms with Gasteiger partial charge in [0.25, 0.3) is 0 Å². The standard InChI is InChI=1S/C20H20N2O3/c1-13-18(14(2)23)19(15-9-11-17(25-3)12-10-15)21-20(24)22(13)16-7-5-4-6-8-16/h4-12,19H,1-3H3,(H,21,24)/t19-/m1/s1. The van der Waals surface area contributed by atoms with Crippen molar-refractivity contribution >= 4 is 17.5 Å². The lowest BCUT2D eigenvalue weighted by Gasteiger charge is -2.35. The number of allylic oxidation sites excluding steroid dienone is 1. The summed E-state index contributed by atoms with van der Waals surface area (Å²) in [6.45, 7) is 3.33. The summed E-state index contributed by atoms with van der Waals surface area (Å²) < 4.78 is 5.17. The van der Waals surface area contributed by atoms with Gasteiger partial charge < -0.3 is 10.1 Å². The minimum Gasteiger partial charge on any atom is -0.497 e. The highest BCUT2D eigenvalue weighted by Crippen LogP contribution is 2.34. The predicted octanol–water partition coefficient (Wildman–Crippen LogP) is 3.83. The average molecular weight is 336 g/mol. The van der Waals surface area contributed by atoms with Crippen molar-refractivity contribution in [2.45, 2.75) is 19.9 Å². The van der Waals surface area contributed by atoms with E-state index >= 15 is 0 Å². The molecule has 0 radical (unpaired) electrons. The molecule has 0 saturated heterocycles. The first-order chi connectivity index (χ1) is 12.0. The molecule has 128 valence electrons. The zero-order valence-corrected chi connectivity index (χ0v) is 14.4. The van der Waals surface area contributed by atoms with Gasteiger partial charge in [0.2, 0.25) is 0 Å². The van der Waals surface area contributed by atoms with Gasteiger partial charge in [-0.1, -0.05) is 30.3 Å². The molecule has 25 heavy (non-hydrogen) atoms. The molecule has 1 aliphatic rings. The quantitative estimate of drug-likeness (QED) is 0.923. The van der Waals surface area contributed by atoms with E-state index in [0.29, 0.717) is 11.3 Å². The van der Waals surface area contributed by atoms with Crippen LogP contribution in [0, 0.1) is 0 Å². The lowest BCUT2D eigenvalue weighted by Crippen LogP contribution is -2.47. The molecule has 1 heterocycles. The third-order valence-corrected chi connectivity index (χ3v) is 4.33. The molecular weight excluding hydrogens is 316 g/mol. The molecule has 0 saturated carbocycles. The van der Waals surface area contributed by atoms with E-state index in [0.717, 1.165) is 17.0 Å². The Balaban J connectivity index is 2.08. The number of hydrogen-bond donors (Lipinski definition) is 1. The molecule has 0 bridgehead atoms. The maximum Gasteiger partial charge on any atom is 0.326 e. The Hall–Kier alpha value is -3.08. The first kappa shape index (κ1) is 16.8. The number of amides is 2. The molecular formula is C20H20N2O3. The van der Waals surface area contributed by atoms with Crippen molar-refractivity contribution in [1.82, 2.24) is 5.32 Å². The Kier molecular flexibility index (Phi) is 4.57. The van der Waals surface area contributed by atoms with Crippen molar-refractivity contribution in [3.05, 3.63) is 71.4 Å². The fourth-order valence-electron chi connectivity index (χ4n) is 3.13. The van der Waals surface area contributed by atoms with Gasteiger partial charge >= 0.3 is 6.03 Å². The van der Waals surface area contributed by atoms with Gasteiger partial charge in [0.05, 0.1) is 18.8 Å². The maximum absolute atomic E-state index is 12.7. The van der Waals surface area contributed by atoms with Crippen molar-refractivity contribution in [3.8, 4) is 5.75 Å². The molecule has 1 N–H and O–H groups in total. The van der Waals surface area contributed by atoms with Crippen LogP contribution in [-0.2, 0) is 4.79 Å². The van der Waals surface area contributed by atoms with Crippen molar-refractivity contribution in [2.75, 3.05) is 12.0 Å². The van der Waals surface area contributed by atoms with Crippen molar-refractivity contribution in [1.29, 1.82) is 0 Å². The maximum atomic E-state index is 12.7. The Morgan fingerprint density at radius 3 is 2.28 bits per heavy atom. The van der Waals surface area contributed by atoms with E-state index in [1.807, 2.05) is 54.6 Å². The van der Waals surface area contributed by atoms with Crippen LogP contribution in [-0.4, -0.2) is 18.9 Å². The number of nitrogens with zero attached hydrogens (tertiary/aromatic N) is 1. The topological polar surface area (TPSA) is 58.6 Å². The zero-order chi connectivity index (χ0) is 18.0. The lowest BCUT2D eigenvalue weighted by molar-refractivity contribution is -0.114. The molecule has 0 spiro atoms. The van der Waals surface area contributed by atoms with E-state index in [-0.39, 0.29) is 11.8 Å². The molecule has 2 amide bonds. The number of anilines is 1. The Morgan fingerprint density at radius 1 is 1.08 bits per heavy atom. The molecule has 0 aromatic heterocycles. The van der Waals surface area contributed by atoms with Gasteiger partial charge in [-0.2, -0.15) is 0 Å². The normalized spacial score (nSPS) is 17.3. The summed E-state index contributed by atoms with van der Waals surface area (Å²) in [5.41, 5.74) is 2.78. The number of benzene rings is 2. The van der Waals surface area contributed by atoms with E-state index in [9.17, 15) is 9.59 Å². The van der Waals surface area contributed by atoms with Gasteiger partial charge in [-0.25, -0.2) is 4.79 Å². The summed E-state index contributed by atoms with van der Waals surface area (Å²) >= 11 is 0. The molecule has 5 nitrogen and oxygen atoms in total. The molecule has 1 aliphatic heterocycles. The van der Waals surface area contributed by atoms with Gasteiger partial charge in [0.15, 0.2) is 5.78 Å². The Bertz CT molecular complexity index is 826. The van der Waals surface area contributed by atoms with Crippen LogP contribution in [0.3, 0.4) is 0 Å². The first-order valence-electron chi connectivity index (χ1n) is 8.04. The number of para-hydroxylation sites is 1. The average Bonchev–Trinajstić information content (AvgIpc) is 2.62. The molecule has 1 atom stereocenters. The van der Waals surface area contributed by atoms with Crippen LogP contribution in [0.25, 0.3) is 0 Å². The summed E-state index contributed by atoms with van der Waals surface area (Å²) in [5, 5.41) is 2.95. The fourth-order valence-corrected chi connectivity index (χ4v) is 3.13. The Labute approximate surface area is 146 Å². The van der Waals surface area contributed by atoms with E-state index in [1.54, 1.807) is 14.0 Å². The summed E-state index contributed by atoms with van der Waals surface area (Å²) in [7, 11) is 1.60. The van der Waals surface area contributed by atoms with Crippen LogP contribution in [0.1, 0.15) is 25.5 Å². The zero-order valence-electron chi connectivity index (χ0n) is 14.4. The van der Waals surface area contributed by atoms with Crippen LogP contribution >= 0.6 is 0 Å². The minimum atomic E-state index is -0.476. The highest BCUT2D eigenvalue weighted by molar-refractivity contribution is 6.04. The first-order valence-corrected chi connectivity index (χ1v) is 8.04. The van der Waals surface area contributed by atoms with Crippen LogP contribution in [0.4, 0.5) is 10.5 Å². The number of ether oxygens (including phenoxy) is 1. The fraction of sp³-hybridized carbons (Fsp3) is 0.200. The lowest BCUT2D eigenvalue weighted by atomic mass is 9.92. The highest BCUT2D eigenvalue weighted by Gasteiger charge is 2.34. The second-order valence-corrected chi connectivity index (χ2v) is 5.88. The molecule has 2 aromatic carbocycles. The highest BCUT2D eigenvalue weighted by atomic mass is 16.5. The second kappa shape index (κ2) is 6.81. The third kappa shape index (κ3) is 3.13. The van der Waals surface area contributed by atoms with E-state index in [1.165, 1.54) is 11.8 Å². The van der Waals surface area contributed by atoms with Crippen LogP contribution < -0.4 is 15.0 Å². The number of carbonyl (C=O) groups is 2. The van der Waals surface area contributed by atoms with Gasteiger partial charge in [0, 0.05) is 11.3 Å². The van der Waals surface area contributed by atoms with Gasteiger partial charge in [-0.15, -0.1) is 0 Å². The summed E-state index contributed by atoms with van der Waals surface area (Å²) in [6, 6.07) is 15.9. The smallest absolute Gasteiger partial charge is 0.326 e. The second-order valence-electron chi connectivity index (χ2n) is 5.88. The summed E-state index contributed by atoms with van der Waals surface area (Å²) in [4.78, 5) is 26.6. The van der Waals surface area contributed by atoms with Crippen LogP contribution in [0.5, 0.6) is 5.75 Å². The number of urea groups is 1. The third-order valence-electron chi connectivity index (χ3n) is 4.33. The number of ketones is 1. The molecule has 0 aliphatic carbocycles. The van der Waals surface area contributed by atoms with E-state index < -0.39 is 6.04 Å². The number of Topliss-reactive ketones (excluding diaryl/α,β-unsaturated/α-hetero) is 1. The molecule has 3 rings (SSSR count). The summed E-state index contributed by atoms with van der Waals surface area (Å²) in [6.07, 6.45) is 0. The SMILES string of the molecule is COc1ccc([C@H]2NC(=O)N(c3ccccc3)C(C)=C2C(C)=O)cc1. The Morgan fingerprint density at radius 2 is 1.72 bits per heavy atom. The van der Waals surface area contributed by atoms with E-state index in [2.05, 4.69) is 5.32 Å². The largest absolute Gasteiger partial charge is 0.497 e. The van der Waals surface area contributed by atoms with Crippen LogP contribution in [0.15, 0.2) is 65.9 Å². The van der Waals surface area contributed by atoms with Crippen LogP contribution in [0.2, 0.25) is 0 Å². The number of rotatable bonds is 4. The summed E-state index contributed by atoms with van der Waals surface area (Å²) in [5.74, 6) is 0.654. The number of carbonyl (C=O) groups excluding carboxylic acids is 2. The molecule has 2 aromatic rings. The number of nitrogens with one attached hydrogen (secondary N) is 1. The monoisotopic (exact) mass is 336 g/mol. The number of methoxy groups -OCH3 is 1. The molecule has 0 fully saturated rings.